The van der Waals surface area contributed by atoms with Crippen LogP contribution in [0.1, 0.15) is 18.5 Å². The number of hydrogen-bond donors (Lipinski definition) is 2. The maximum absolute atomic E-state index is 11.9. The molecule has 1 rings (SSSR count). The van der Waals surface area contributed by atoms with Crippen molar-refractivity contribution in [1.29, 1.82) is 0 Å². The molecule has 2 unspecified atom stereocenters. The van der Waals surface area contributed by atoms with Gasteiger partial charge in [0, 0.05) is 5.88 Å². The van der Waals surface area contributed by atoms with Crippen LogP contribution in [-0.4, -0.2) is 31.8 Å². The van der Waals surface area contributed by atoms with E-state index in [0.29, 0.717) is 0 Å². The van der Waals surface area contributed by atoms with Gasteiger partial charge in [-0.05, 0) is 11.5 Å². The van der Waals surface area contributed by atoms with E-state index in [9.17, 15) is 13.5 Å². The third-order valence-electron chi connectivity index (χ3n) is 2.47. The molecule has 0 amide bonds. The molecule has 0 aliphatic rings. The highest BCUT2D eigenvalue weighted by Gasteiger charge is 2.20. The van der Waals surface area contributed by atoms with Crippen LogP contribution >= 0.6 is 11.6 Å². The van der Waals surface area contributed by atoms with E-state index in [-0.39, 0.29) is 24.2 Å². The molecule has 0 spiro atoms. The zero-order valence-electron chi connectivity index (χ0n) is 10.2. The van der Waals surface area contributed by atoms with Crippen LogP contribution in [0.5, 0.6) is 0 Å². The van der Waals surface area contributed by atoms with Crippen molar-refractivity contribution >= 4 is 21.6 Å². The molecule has 2 N–H and O–H groups in total. The lowest BCUT2D eigenvalue weighted by Gasteiger charge is -2.18. The third kappa shape index (κ3) is 4.94. The lowest BCUT2D eigenvalue weighted by Crippen LogP contribution is -2.34. The van der Waals surface area contributed by atoms with Crippen molar-refractivity contribution < 1.29 is 13.5 Å². The summed E-state index contributed by atoms with van der Waals surface area (Å²) >= 11 is 5.60. The summed E-state index contributed by atoms with van der Waals surface area (Å²) < 4.78 is 26.2. The van der Waals surface area contributed by atoms with E-state index < -0.39 is 16.1 Å². The molecule has 0 heterocycles. The Hall–Kier alpha value is -0.620. The number of sulfonamides is 1. The number of rotatable bonds is 7. The van der Waals surface area contributed by atoms with Crippen molar-refractivity contribution in [2.24, 2.45) is 5.92 Å². The molecule has 18 heavy (non-hydrogen) atoms. The van der Waals surface area contributed by atoms with Crippen molar-refractivity contribution in [1.82, 2.24) is 4.72 Å². The topological polar surface area (TPSA) is 66.4 Å². The average molecular weight is 292 g/mol. The third-order valence-corrected chi connectivity index (χ3v) is 4.65. The molecular formula is C12H18ClNO3S. The van der Waals surface area contributed by atoms with Crippen LogP contribution in [0.4, 0.5) is 0 Å². The summed E-state index contributed by atoms with van der Waals surface area (Å²) in [6.45, 7) is 1.49. The van der Waals surface area contributed by atoms with Gasteiger partial charge in [0.25, 0.3) is 0 Å². The molecule has 0 aliphatic carbocycles. The molecule has 6 heteroatoms. The highest BCUT2D eigenvalue weighted by molar-refractivity contribution is 7.89. The molecule has 1 aromatic carbocycles. The van der Waals surface area contributed by atoms with Gasteiger partial charge < -0.3 is 5.11 Å². The van der Waals surface area contributed by atoms with Crippen molar-refractivity contribution in [3.05, 3.63) is 35.9 Å². The fourth-order valence-corrected chi connectivity index (χ4v) is 3.43. The summed E-state index contributed by atoms with van der Waals surface area (Å²) in [6, 6.07) is 8.37. The van der Waals surface area contributed by atoms with Gasteiger partial charge in [-0.2, -0.15) is 0 Å². The van der Waals surface area contributed by atoms with E-state index in [2.05, 4.69) is 4.72 Å². The Kier molecular flexibility index (Phi) is 6.08. The largest absolute Gasteiger partial charge is 0.394 e. The normalized spacial score (nSPS) is 15.3. The Labute approximate surface area is 113 Å². The summed E-state index contributed by atoms with van der Waals surface area (Å²) in [7, 11) is -3.45. The van der Waals surface area contributed by atoms with Gasteiger partial charge in [-0.1, -0.05) is 37.3 Å². The second kappa shape index (κ2) is 7.09. The lowest BCUT2D eigenvalue weighted by atomic mass is 10.1. The molecule has 0 bridgehead atoms. The van der Waals surface area contributed by atoms with Crippen molar-refractivity contribution in [3.8, 4) is 0 Å². The summed E-state index contributed by atoms with van der Waals surface area (Å²) in [4.78, 5) is 0. The second-order valence-electron chi connectivity index (χ2n) is 4.30. The first-order valence-corrected chi connectivity index (χ1v) is 7.89. The molecule has 0 radical (unpaired) electrons. The number of hydrogen-bond acceptors (Lipinski definition) is 3. The van der Waals surface area contributed by atoms with Crippen molar-refractivity contribution in [2.75, 3.05) is 18.2 Å². The smallest absolute Gasteiger partial charge is 0.212 e. The van der Waals surface area contributed by atoms with Crippen LogP contribution in [0.2, 0.25) is 0 Å². The minimum absolute atomic E-state index is 0.0418. The number of halogens is 1. The minimum Gasteiger partial charge on any atom is -0.394 e. The van der Waals surface area contributed by atoms with Crippen LogP contribution in [0.25, 0.3) is 0 Å². The zero-order valence-corrected chi connectivity index (χ0v) is 11.8. The first-order valence-electron chi connectivity index (χ1n) is 5.70. The maximum Gasteiger partial charge on any atom is 0.212 e. The molecule has 102 valence electrons. The van der Waals surface area contributed by atoms with E-state index >= 15 is 0 Å². The van der Waals surface area contributed by atoms with E-state index in [4.69, 9.17) is 11.6 Å². The molecule has 0 aromatic heterocycles. The number of aliphatic hydroxyl groups is 1. The van der Waals surface area contributed by atoms with Gasteiger partial charge in [-0.3, -0.25) is 0 Å². The van der Waals surface area contributed by atoms with Gasteiger partial charge in [-0.15, -0.1) is 11.6 Å². The predicted octanol–water partition coefficient (Wildman–Crippen LogP) is 1.51. The maximum atomic E-state index is 11.9. The van der Waals surface area contributed by atoms with Gasteiger partial charge in [0.15, 0.2) is 0 Å². The molecule has 4 nitrogen and oxygen atoms in total. The molecule has 0 saturated carbocycles. The summed E-state index contributed by atoms with van der Waals surface area (Å²) in [5.41, 5.74) is 0.738. The van der Waals surface area contributed by atoms with E-state index in [1.807, 2.05) is 6.07 Å². The Morgan fingerprint density at radius 3 is 2.44 bits per heavy atom. The van der Waals surface area contributed by atoms with E-state index in [1.165, 1.54) is 0 Å². The van der Waals surface area contributed by atoms with Crippen LogP contribution in [0.15, 0.2) is 30.3 Å². The fourth-order valence-electron chi connectivity index (χ4n) is 1.58. The zero-order chi connectivity index (χ0) is 13.6. The van der Waals surface area contributed by atoms with Gasteiger partial charge in [0.2, 0.25) is 10.0 Å². The Morgan fingerprint density at radius 2 is 1.94 bits per heavy atom. The molecule has 1 aromatic rings. The highest BCUT2D eigenvalue weighted by Crippen LogP contribution is 2.14. The first kappa shape index (κ1) is 15.4. The van der Waals surface area contributed by atoms with Crippen LogP contribution in [0.3, 0.4) is 0 Å². The van der Waals surface area contributed by atoms with Crippen molar-refractivity contribution in [3.63, 3.8) is 0 Å². The molecule has 0 saturated heterocycles. The predicted molar refractivity (Wildman–Crippen MR) is 73.1 cm³/mol. The molecule has 2 atom stereocenters. The van der Waals surface area contributed by atoms with Crippen LogP contribution in [0, 0.1) is 5.92 Å². The van der Waals surface area contributed by atoms with E-state index in [1.54, 1.807) is 31.2 Å². The van der Waals surface area contributed by atoms with E-state index in [0.717, 1.165) is 5.56 Å². The fraction of sp³-hybridized carbons (Fsp3) is 0.500. The number of benzene rings is 1. The molecular weight excluding hydrogens is 274 g/mol. The Bertz CT molecular complexity index is 450. The van der Waals surface area contributed by atoms with Crippen LogP contribution < -0.4 is 4.72 Å². The summed E-state index contributed by atoms with van der Waals surface area (Å²) in [5.74, 6) is 0.120. The van der Waals surface area contributed by atoms with Crippen LogP contribution in [-0.2, 0) is 10.0 Å². The molecule has 0 aliphatic heterocycles. The minimum atomic E-state index is -3.45. The monoisotopic (exact) mass is 291 g/mol. The summed E-state index contributed by atoms with van der Waals surface area (Å²) in [6.07, 6.45) is 0. The lowest BCUT2D eigenvalue weighted by molar-refractivity contribution is 0.258. The Morgan fingerprint density at radius 1 is 1.33 bits per heavy atom. The number of alkyl halides is 1. The van der Waals surface area contributed by atoms with Gasteiger partial charge in [0.05, 0.1) is 18.4 Å². The first-order chi connectivity index (χ1) is 8.48. The standard InChI is InChI=1S/C12H18ClNO3S/c1-10(7-13)9-18(16,17)14-12(8-15)11-5-3-2-4-6-11/h2-6,10,12,14-15H,7-9H2,1H3. The second-order valence-corrected chi connectivity index (χ2v) is 6.41. The summed E-state index contributed by atoms with van der Waals surface area (Å²) in [5, 5.41) is 9.28. The molecule has 0 fully saturated rings. The quantitative estimate of drug-likeness (QED) is 0.749. The van der Waals surface area contributed by atoms with Gasteiger partial charge in [-0.25, -0.2) is 13.1 Å². The average Bonchev–Trinajstić information content (AvgIpc) is 2.36. The van der Waals surface area contributed by atoms with Gasteiger partial charge in [0.1, 0.15) is 0 Å². The van der Waals surface area contributed by atoms with Crippen molar-refractivity contribution in [2.45, 2.75) is 13.0 Å². The highest BCUT2D eigenvalue weighted by atomic mass is 35.5. The Balaban J connectivity index is 2.75. The SMILES string of the molecule is CC(CCl)CS(=O)(=O)NC(CO)c1ccccc1. The number of nitrogens with one attached hydrogen (secondary N) is 1. The number of aliphatic hydroxyl groups excluding tert-OH is 1. The van der Waals surface area contributed by atoms with Gasteiger partial charge >= 0.3 is 0 Å².